The zero-order valence-electron chi connectivity index (χ0n) is 21.9. The van der Waals surface area contributed by atoms with Gasteiger partial charge in [-0.15, -0.1) is 0 Å². The first kappa shape index (κ1) is 26.8. The molecule has 2 aromatic rings. The van der Waals surface area contributed by atoms with Gasteiger partial charge in [-0.25, -0.2) is 0 Å². The van der Waals surface area contributed by atoms with Gasteiger partial charge in [0.2, 0.25) is 12.7 Å². The standard InChI is InChI=1S/C29H26N2O10/c1-31(2)22-21-24(34)18-13(8-11-6-7-15-16(9-11)41-10-40-15)12-4-3-5-14(32)17(12)23(33)19(18)26(36)29(21,39)27(37)20(25(22)35)28(30)38/h3-9,18-22,24,32,34,39H,10H2,1-2H3,(H2,30,38)/b13-8+/t18-,19?,20?,21-,22+,24+,29+/m1/s1. The molecule has 212 valence electrons. The van der Waals surface area contributed by atoms with E-state index in [2.05, 4.69) is 0 Å². The third-order valence-corrected chi connectivity index (χ3v) is 8.59. The number of nitrogens with zero attached hydrogens (tertiary/aromatic N) is 1. The van der Waals surface area contributed by atoms with E-state index in [-0.39, 0.29) is 23.5 Å². The van der Waals surface area contributed by atoms with Gasteiger partial charge in [0.15, 0.2) is 46.2 Å². The van der Waals surface area contributed by atoms with E-state index in [1.807, 2.05) is 0 Å². The number of Topliss-reactive ketones (excluding diaryl/α,β-unsaturated/α-hetero) is 4. The molecule has 0 radical (unpaired) electrons. The molecule has 0 spiro atoms. The molecule has 4 aliphatic rings. The average Bonchev–Trinajstić information content (AvgIpc) is 3.38. The Balaban J connectivity index is 1.60. The number of aliphatic hydroxyl groups excluding tert-OH is 1. The van der Waals surface area contributed by atoms with Gasteiger partial charge < -0.3 is 30.5 Å². The van der Waals surface area contributed by atoms with E-state index >= 15 is 0 Å². The molecule has 1 aliphatic heterocycles. The van der Waals surface area contributed by atoms with Gasteiger partial charge in [-0.3, -0.25) is 28.9 Å². The first-order valence-electron chi connectivity index (χ1n) is 12.9. The fourth-order valence-electron chi connectivity index (χ4n) is 6.85. The Morgan fingerprint density at radius 2 is 1.78 bits per heavy atom. The lowest BCUT2D eigenvalue weighted by atomic mass is 9.50. The molecular formula is C29H26N2O10. The summed E-state index contributed by atoms with van der Waals surface area (Å²) in [5, 5.41) is 34.4. The topological polar surface area (TPSA) is 194 Å². The Labute approximate surface area is 232 Å². The summed E-state index contributed by atoms with van der Waals surface area (Å²) in [5.41, 5.74) is 3.08. The van der Waals surface area contributed by atoms with Crippen LogP contribution in [0.5, 0.6) is 17.2 Å². The van der Waals surface area contributed by atoms with Crippen molar-refractivity contribution < 1.29 is 48.8 Å². The zero-order chi connectivity index (χ0) is 29.5. The number of aliphatic hydroxyl groups is 2. The first-order chi connectivity index (χ1) is 19.4. The van der Waals surface area contributed by atoms with Gasteiger partial charge in [0, 0.05) is 5.92 Å². The van der Waals surface area contributed by atoms with Crippen LogP contribution in [-0.4, -0.2) is 87.9 Å². The summed E-state index contributed by atoms with van der Waals surface area (Å²) >= 11 is 0. The van der Waals surface area contributed by atoms with Gasteiger partial charge in [-0.05, 0) is 49.0 Å². The number of carbonyl (C=O) groups is 5. The molecular weight excluding hydrogens is 536 g/mol. The number of phenolic OH excluding ortho intramolecular Hbond substituents is 1. The summed E-state index contributed by atoms with van der Waals surface area (Å²) in [6.45, 7) is 0.0268. The van der Waals surface area contributed by atoms with E-state index in [0.29, 0.717) is 17.1 Å². The third-order valence-electron chi connectivity index (χ3n) is 8.59. The molecule has 5 N–H and O–H groups in total. The maximum absolute atomic E-state index is 14.2. The van der Waals surface area contributed by atoms with Crippen LogP contribution in [0.1, 0.15) is 21.5 Å². The van der Waals surface area contributed by atoms with Gasteiger partial charge in [0.1, 0.15) is 5.75 Å². The Morgan fingerprint density at radius 1 is 1.07 bits per heavy atom. The summed E-state index contributed by atoms with van der Waals surface area (Å²) in [4.78, 5) is 68.4. The van der Waals surface area contributed by atoms with E-state index in [1.165, 1.54) is 31.1 Å². The fourth-order valence-corrected chi connectivity index (χ4v) is 6.85. The summed E-state index contributed by atoms with van der Waals surface area (Å²) in [6.07, 6.45) is -0.189. The van der Waals surface area contributed by atoms with Crippen LogP contribution in [0, 0.1) is 23.7 Å². The molecule has 12 nitrogen and oxygen atoms in total. The molecule has 1 heterocycles. The highest BCUT2D eigenvalue weighted by atomic mass is 16.7. The number of amides is 1. The van der Waals surface area contributed by atoms with Crippen LogP contribution in [0.25, 0.3) is 11.6 Å². The Bertz CT molecular complexity index is 1600. The van der Waals surface area contributed by atoms with Crippen LogP contribution < -0.4 is 15.2 Å². The molecule has 2 saturated carbocycles. The lowest BCUT2D eigenvalue weighted by Crippen LogP contribution is -2.77. The Morgan fingerprint density at radius 3 is 2.46 bits per heavy atom. The number of phenols is 1. The second-order valence-electron chi connectivity index (χ2n) is 10.9. The van der Waals surface area contributed by atoms with Crippen molar-refractivity contribution in [3.8, 4) is 17.2 Å². The van der Waals surface area contributed by atoms with Gasteiger partial charge in [-0.1, -0.05) is 24.3 Å². The Kier molecular flexibility index (Phi) is 5.93. The number of benzene rings is 2. The zero-order valence-corrected chi connectivity index (χ0v) is 21.9. The van der Waals surface area contributed by atoms with Crippen LogP contribution in [-0.2, 0) is 19.2 Å². The molecule has 2 unspecified atom stereocenters. The summed E-state index contributed by atoms with van der Waals surface area (Å²) in [5.74, 6) is -12.5. The van der Waals surface area contributed by atoms with Gasteiger partial charge in [0.25, 0.3) is 0 Å². The van der Waals surface area contributed by atoms with Crippen molar-refractivity contribution in [3.63, 3.8) is 0 Å². The number of nitrogens with two attached hydrogens (primary N) is 1. The maximum atomic E-state index is 14.2. The smallest absolute Gasteiger partial charge is 0.235 e. The summed E-state index contributed by atoms with van der Waals surface area (Å²) < 4.78 is 10.8. The van der Waals surface area contributed by atoms with Crippen molar-refractivity contribution in [2.45, 2.75) is 17.7 Å². The third kappa shape index (κ3) is 3.54. The number of primary amides is 1. The second kappa shape index (κ2) is 9.06. The van der Waals surface area contributed by atoms with Crippen molar-refractivity contribution in [1.29, 1.82) is 0 Å². The molecule has 0 aromatic heterocycles. The molecule has 0 saturated heterocycles. The molecule has 0 bridgehead atoms. The van der Waals surface area contributed by atoms with Gasteiger partial charge in [0.05, 0.1) is 29.5 Å². The van der Waals surface area contributed by atoms with E-state index in [1.54, 1.807) is 30.3 Å². The largest absolute Gasteiger partial charge is 0.507 e. The predicted octanol–water partition coefficient (Wildman–Crippen LogP) is -0.435. The number of fused-ring (bicyclic) bond motifs is 4. The summed E-state index contributed by atoms with van der Waals surface area (Å²) in [7, 11) is 2.87. The lowest BCUT2D eigenvalue weighted by Gasteiger charge is -2.55. The predicted molar refractivity (Wildman–Crippen MR) is 139 cm³/mol. The average molecular weight is 563 g/mol. The molecule has 12 heteroatoms. The van der Waals surface area contributed by atoms with Crippen LogP contribution in [0.2, 0.25) is 0 Å². The number of ether oxygens (including phenoxy) is 2. The van der Waals surface area contributed by atoms with E-state index in [9.17, 15) is 39.3 Å². The SMILES string of the molecule is CN(C)[C@@H]1C(=O)C(C(N)=O)C(=O)[C@@]2(O)C(=O)C3C(=O)c4c(O)cccc4/C(=C\c4ccc5c(c4)OCO5)[C@H]3[C@H](O)[C@@H]12. The van der Waals surface area contributed by atoms with E-state index < -0.39 is 76.2 Å². The van der Waals surface area contributed by atoms with E-state index in [4.69, 9.17) is 15.2 Å². The minimum atomic E-state index is -3.08. The molecule has 41 heavy (non-hydrogen) atoms. The highest BCUT2D eigenvalue weighted by Gasteiger charge is 2.72. The first-order valence-corrected chi connectivity index (χ1v) is 12.9. The fraction of sp³-hybridized carbons (Fsp3) is 0.345. The van der Waals surface area contributed by atoms with Crippen molar-refractivity contribution in [2.24, 2.45) is 29.4 Å². The van der Waals surface area contributed by atoms with Crippen molar-refractivity contribution in [1.82, 2.24) is 4.90 Å². The van der Waals surface area contributed by atoms with Crippen LogP contribution in [0.15, 0.2) is 36.4 Å². The van der Waals surface area contributed by atoms with Crippen molar-refractivity contribution >= 4 is 40.7 Å². The second-order valence-corrected chi connectivity index (χ2v) is 10.9. The van der Waals surface area contributed by atoms with E-state index in [0.717, 1.165) is 0 Å². The minimum absolute atomic E-state index is 0.0268. The number of hydrogen-bond acceptors (Lipinski definition) is 11. The van der Waals surface area contributed by atoms with Gasteiger partial charge in [-0.2, -0.15) is 0 Å². The number of aromatic hydroxyl groups is 1. The number of likely N-dealkylation sites (N-methyl/N-ethyl adjacent to an activating group) is 1. The minimum Gasteiger partial charge on any atom is -0.507 e. The lowest BCUT2D eigenvalue weighted by molar-refractivity contribution is -0.192. The monoisotopic (exact) mass is 562 g/mol. The number of ketones is 4. The van der Waals surface area contributed by atoms with Crippen molar-refractivity contribution in [2.75, 3.05) is 20.9 Å². The normalized spacial score (nSPS) is 33.0. The molecule has 1 amide bonds. The molecule has 3 aliphatic carbocycles. The summed E-state index contributed by atoms with van der Waals surface area (Å²) in [6, 6.07) is 7.84. The van der Waals surface area contributed by atoms with Crippen LogP contribution in [0.3, 0.4) is 0 Å². The number of rotatable bonds is 3. The number of carbonyl (C=O) groups excluding carboxylic acids is 5. The van der Waals surface area contributed by atoms with Crippen LogP contribution in [0.4, 0.5) is 0 Å². The highest BCUT2D eigenvalue weighted by molar-refractivity contribution is 6.33. The number of hydrogen-bond donors (Lipinski definition) is 4. The van der Waals surface area contributed by atoms with Crippen LogP contribution >= 0.6 is 0 Å². The molecule has 7 atom stereocenters. The molecule has 2 aromatic carbocycles. The maximum Gasteiger partial charge on any atom is 0.235 e. The molecule has 6 rings (SSSR count). The highest BCUT2D eigenvalue weighted by Crippen LogP contribution is 2.54. The quantitative estimate of drug-likeness (QED) is 0.355. The van der Waals surface area contributed by atoms with Gasteiger partial charge >= 0.3 is 0 Å². The Hall–Kier alpha value is -4.39. The molecule has 2 fully saturated rings. The van der Waals surface area contributed by atoms with Crippen molar-refractivity contribution in [3.05, 3.63) is 53.1 Å².